The second-order valence-electron chi connectivity index (χ2n) is 6.05. The predicted molar refractivity (Wildman–Crippen MR) is 101 cm³/mol. The molecule has 0 spiro atoms. The van der Waals surface area contributed by atoms with Crippen LogP contribution in [-0.4, -0.2) is 36.7 Å². The molecule has 2 aromatic rings. The molecule has 1 atom stereocenters. The van der Waals surface area contributed by atoms with E-state index < -0.39 is 10.0 Å². The van der Waals surface area contributed by atoms with Crippen molar-refractivity contribution in [3.63, 3.8) is 0 Å². The topological polar surface area (TPSA) is 79.4 Å². The lowest BCUT2D eigenvalue weighted by Crippen LogP contribution is -2.31. The Morgan fingerprint density at radius 3 is 2.35 bits per heavy atom. The van der Waals surface area contributed by atoms with Gasteiger partial charge in [0, 0.05) is 31.0 Å². The number of hydrogen-bond acceptors (Lipinski definition) is 4. The maximum Gasteiger partial charge on any atom is 0.251 e. The Balaban J connectivity index is 2.30. The van der Waals surface area contributed by atoms with Crippen LogP contribution < -0.4 is 5.32 Å². The first-order valence-corrected chi connectivity index (χ1v) is 10.1. The van der Waals surface area contributed by atoms with Crippen molar-refractivity contribution in [1.29, 1.82) is 0 Å². The normalized spacial score (nSPS) is 12.8. The van der Waals surface area contributed by atoms with Gasteiger partial charge in [-0.15, -0.1) is 0 Å². The van der Waals surface area contributed by atoms with Gasteiger partial charge in [-0.1, -0.05) is 19.9 Å². The van der Waals surface area contributed by atoms with Crippen molar-refractivity contribution in [2.45, 2.75) is 38.6 Å². The fourth-order valence-corrected chi connectivity index (χ4v) is 4.45. The average Bonchev–Trinajstić information content (AvgIpc) is 2.63. The smallest absolute Gasteiger partial charge is 0.251 e. The van der Waals surface area contributed by atoms with E-state index in [9.17, 15) is 13.2 Å². The minimum Gasteiger partial charge on any atom is -0.346 e. The Morgan fingerprint density at radius 2 is 1.77 bits per heavy atom. The first-order valence-electron chi connectivity index (χ1n) is 8.62. The number of sulfonamides is 1. The molecular formula is C19H25N3O3S. The molecule has 0 aliphatic rings. The van der Waals surface area contributed by atoms with Crippen molar-refractivity contribution in [3.05, 3.63) is 59.4 Å². The van der Waals surface area contributed by atoms with Crippen LogP contribution in [0.15, 0.2) is 47.6 Å². The lowest BCUT2D eigenvalue weighted by Gasteiger charge is -2.20. The Bertz CT molecular complexity index is 863. The first-order chi connectivity index (χ1) is 12.3. The number of aryl methyl sites for hydroxylation is 1. The molecule has 0 saturated heterocycles. The molecule has 1 aromatic carbocycles. The minimum absolute atomic E-state index is 0.172. The minimum atomic E-state index is -3.62. The second kappa shape index (κ2) is 8.42. The zero-order valence-corrected chi connectivity index (χ0v) is 16.4. The standard InChI is InChI=1S/C19H25N3O3S/c1-5-22(6-2)26(24,25)18-13-17(8-7-14(18)3)19(23)21-15(4)16-9-11-20-12-10-16/h7-13,15H,5-6H2,1-4H3,(H,21,23). The Labute approximate surface area is 155 Å². The van der Waals surface area contributed by atoms with Crippen molar-refractivity contribution >= 4 is 15.9 Å². The molecule has 140 valence electrons. The zero-order valence-electron chi connectivity index (χ0n) is 15.6. The number of hydrogen-bond donors (Lipinski definition) is 1. The molecule has 0 radical (unpaired) electrons. The average molecular weight is 375 g/mol. The number of nitrogens with one attached hydrogen (secondary N) is 1. The summed E-state index contributed by atoms with van der Waals surface area (Å²) in [4.78, 5) is 16.7. The molecule has 1 unspecified atom stereocenters. The van der Waals surface area contributed by atoms with Crippen LogP contribution >= 0.6 is 0 Å². The number of carbonyl (C=O) groups is 1. The highest BCUT2D eigenvalue weighted by atomic mass is 32.2. The highest BCUT2D eigenvalue weighted by Crippen LogP contribution is 2.22. The number of amides is 1. The summed E-state index contributed by atoms with van der Waals surface area (Å²) in [5.41, 5.74) is 1.87. The number of nitrogens with zero attached hydrogens (tertiary/aromatic N) is 2. The molecule has 7 heteroatoms. The summed E-state index contributed by atoms with van der Waals surface area (Å²) in [5.74, 6) is -0.315. The molecule has 1 aromatic heterocycles. The summed E-state index contributed by atoms with van der Waals surface area (Å²) in [6.07, 6.45) is 3.33. The van der Waals surface area contributed by atoms with Crippen LogP contribution in [0.25, 0.3) is 0 Å². The van der Waals surface area contributed by atoms with Gasteiger partial charge in [-0.05, 0) is 49.2 Å². The lowest BCUT2D eigenvalue weighted by atomic mass is 10.1. The monoisotopic (exact) mass is 375 g/mol. The van der Waals surface area contributed by atoms with Crippen molar-refractivity contribution in [3.8, 4) is 0 Å². The molecule has 0 saturated carbocycles. The van der Waals surface area contributed by atoms with E-state index >= 15 is 0 Å². The molecule has 1 amide bonds. The Kier molecular flexibility index (Phi) is 6.50. The number of benzene rings is 1. The maximum atomic E-state index is 12.8. The highest BCUT2D eigenvalue weighted by Gasteiger charge is 2.25. The van der Waals surface area contributed by atoms with E-state index in [4.69, 9.17) is 0 Å². The van der Waals surface area contributed by atoms with Crippen molar-refractivity contribution in [2.24, 2.45) is 0 Å². The SMILES string of the molecule is CCN(CC)S(=O)(=O)c1cc(C(=O)NC(C)c2ccncc2)ccc1C. The van der Waals surface area contributed by atoms with Gasteiger partial charge in [-0.2, -0.15) is 4.31 Å². The van der Waals surface area contributed by atoms with Crippen LogP contribution in [0.1, 0.15) is 48.3 Å². The fourth-order valence-electron chi connectivity index (χ4n) is 2.74. The van der Waals surface area contributed by atoms with Crippen LogP contribution in [-0.2, 0) is 10.0 Å². The number of pyridine rings is 1. The van der Waals surface area contributed by atoms with E-state index in [0.717, 1.165) is 5.56 Å². The van der Waals surface area contributed by atoms with Gasteiger partial charge in [-0.25, -0.2) is 8.42 Å². The molecule has 0 aliphatic carbocycles. The van der Waals surface area contributed by atoms with Crippen LogP contribution in [0.5, 0.6) is 0 Å². The molecule has 1 heterocycles. The summed E-state index contributed by atoms with van der Waals surface area (Å²) in [6, 6.07) is 8.22. The summed E-state index contributed by atoms with van der Waals surface area (Å²) in [6.45, 7) is 7.96. The summed E-state index contributed by atoms with van der Waals surface area (Å²) in [5, 5.41) is 2.89. The third-order valence-corrected chi connectivity index (χ3v) is 6.52. The number of rotatable bonds is 7. The highest BCUT2D eigenvalue weighted by molar-refractivity contribution is 7.89. The van der Waals surface area contributed by atoms with Crippen LogP contribution in [0, 0.1) is 6.92 Å². The summed E-state index contributed by atoms with van der Waals surface area (Å²) in [7, 11) is -3.62. The zero-order chi connectivity index (χ0) is 19.3. The number of aromatic nitrogens is 1. The Hall–Kier alpha value is -2.25. The van der Waals surface area contributed by atoms with Crippen molar-refractivity contribution < 1.29 is 13.2 Å². The molecule has 6 nitrogen and oxygen atoms in total. The van der Waals surface area contributed by atoms with Crippen LogP contribution in [0.4, 0.5) is 0 Å². The predicted octanol–water partition coefficient (Wildman–Crippen LogP) is 2.91. The van der Waals surface area contributed by atoms with Gasteiger partial charge in [0.25, 0.3) is 5.91 Å². The van der Waals surface area contributed by atoms with Gasteiger partial charge >= 0.3 is 0 Å². The summed E-state index contributed by atoms with van der Waals surface area (Å²) < 4.78 is 27.0. The maximum absolute atomic E-state index is 12.8. The third-order valence-electron chi connectivity index (χ3n) is 4.33. The Morgan fingerprint density at radius 1 is 1.15 bits per heavy atom. The third kappa shape index (κ3) is 4.28. The van der Waals surface area contributed by atoms with Crippen LogP contribution in [0.2, 0.25) is 0 Å². The van der Waals surface area contributed by atoms with E-state index in [1.54, 1.807) is 45.3 Å². The first kappa shape index (κ1) is 20.1. The van der Waals surface area contributed by atoms with E-state index in [0.29, 0.717) is 24.2 Å². The van der Waals surface area contributed by atoms with Crippen LogP contribution in [0.3, 0.4) is 0 Å². The molecule has 1 N–H and O–H groups in total. The van der Waals surface area contributed by atoms with Crippen molar-refractivity contribution in [1.82, 2.24) is 14.6 Å². The quantitative estimate of drug-likeness (QED) is 0.807. The van der Waals surface area contributed by atoms with Gasteiger partial charge in [0.2, 0.25) is 10.0 Å². The molecule has 0 fully saturated rings. The van der Waals surface area contributed by atoms with Gasteiger partial charge < -0.3 is 5.32 Å². The van der Waals surface area contributed by atoms with Gasteiger partial charge in [-0.3, -0.25) is 9.78 Å². The lowest BCUT2D eigenvalue weighted by molar-refractivity contribution is 0.0939. The molecule has 0 bridgehead atoms. The second-order valence-corrected chi connectivity index (χ2v) is 7.95. The largest absolute Gasteiger partial charge is 0.346 e. The van der Waals surface area contributed by atoms with E-state index in [1.807, 2.05) is 19.1 Å². The van der Waals surface area contributed by atoms with Gasteiger partial charge in [0.05, 0.1) is 10.9 Å². The fraction of sp³-hybridized carbons (Fsp3) is 0.368. The molecular weight excluding hydrogens is 350 g/mol. The molecule has 2 rings (SSSR count). The number of carbonyl (C=O) groups excluding carboxylic acids is 1. The van der Waals surface area contributed by atoms with Gasteiger partial charge in [0.15, 0.2) is 0 Å². The van der Waals surface area contributed by atoms with E-state index in [1.165, 1.54) is 10.4 Å². The van der Waals surface area contributed by atoms with E-state index in [-0.39, 0.29) is 16.8 Å². The van der Waals surface area contributed by atoms with Crippen molar-refractivity contribution in [2.75, 3.05) is 13.1 Å². The molecule has 26 heavy (non-hydrogen) atoms. The summed E-state index contributed by atoms with van der Waals surface area (Å²) >= 11 is 0. The molecule has 0 aliphatic heterocycles. The van der Waals surface area contributed by atoms with Gasteiger partial charge in [0.1, 0.15) is 0 Å². The van der Waals surface area contributed by atoms with E-state index in [2.05, 4.69) is 10.3 Å².